The number of piperidine rings is 1. The molecule has 1 atom stereocenters. The highest BCUT2D eigenvalue weighted by Crippen LogP contribution is 2.30. The van der Waals surface area contributed by atoms with Gasteiger partial charge in [0.05, 0.1) is 17.8 Å². The number of benzene rings is 2. The second kappa shape index (κ2) is 8.99. The molecule has 0 saturated carbocycles. The molecule has 0 aliphatic carbocycles. The van der Waals surface area contributed by atoms with Gasteiger partial charge in [-0.2, -0.15) is 5.10 Å². The molecule has 2 aromatic carbocycles. The van der Waals surface area contributed by atoms with E-state index in [0.29, 0.717) is 6.54 Å². The van der Waals surface area contributed by atoms with Gasteiger partial charge in [-0.1, -0.05) is 17.3 Å². The normalized spacial score (nSPS) is 16.7. The van der Waals surface area contributed by atoms with Gasteiger partial charge in [-0.3, -0.25) is 15.0 Å². The number of rotatable bonds is 5. The molecule has 6 rings (SSSR count). The maximum absolute atomic E-state index is 14.1. The molecule has 0 spiro atoms. The van der Waals surface area contributed by atoms with Crippen LogP contribution >= 0.6 is 0 Å². The van der Waals surface area contributed by atoms with Gasteiger partial charge < -0.3 is 0 Å². The molecule has 1 aliphatic rings. The highest BCUT2D eigenvalue weighted by atomic mass is 19.1. The number of hydrogen-bond acceptors (Lipinski definition) is 5. The van der Waals surface area contributed by atoms with Crippen molar-refractivity contribution >= 4 is 10.9 Å². The zero-order valence-electron chi connectivity index (χ0n) is 18.9. The van der Waals surface area contributed by atoms with Gasteiger partial charge in [-0.15, -0.1) is 5.10 Å². The molecule has 0 unspecified atom stereocenters. The Balaban J connectivity index is 1.23. The van der Waals surface area contributed by atoms with Crippen LogP contribution in [0.3, 0.4) is 0 Å². The summed E-state index contributed by atoms with van der Waals surface area (Å²) >= 11 is 0. The van der Waals surface area contributed by atoms with Gasteiger partial charge in [0.1, 0.15) is 23.0 Å². The quantitative estimate of drug-likeness (QED) is 0.391. The number of nitrogens with zero attached hydrogens (tertiary/aromatic N) is 6. The Morgan fingerprint density at radius 3 is 2.66 bits per heavy atom. The predicted octanol–water partition coefficient (Wildman–Crippen LogP) is 5.00. The number of halogens is 2. The van der Waals surface area contributed by atoms with Crippen molar-refractivity contribution in [2.75, 3.05) is 13.1 Å². The first-order valence-electron chi connectivity index (χ1n) is 11.6. The fourth-order valence-electron chi connectivity index (χ4n) is 4.79. The number of hydrogen-bond donors (Lipinski definition) is 1. The van der Waals surface area contributed by atoms with Crippen LogP contribution in [-0.4, -0.2) is 48.2 Å². The van der Waals surface area contributed by atoms with Crippen LogP contribution in [0.25, 0.3) is 33.4 Å². The van der Waals surface area contributed by atoms with Gasteiger partial charge in [0, 0.05) is 47.6 Å². The summed E-state index contributed by atoms with van der Waals surface area (Å²) in [6.07, 6.45) is 7.31. The third-order valence-corrected chi connectivity index (χ3v) is 6.62. The molecule has 0 amide bonds. The lowest BCUT2D eigenvalue weighted by Gasteiger charge is -2.32. The first-order valence-corrected chi connectivity index (χ1v) is 11.6. The summed E-state index contributed by atoms with van der Waals surface area (Å²) < 4.78 is 30.2. The molecule has 9 heteroatoms. The second-order valence-corrected chi connectivity index (χ2v) is 8.88. The van der Waals surface area contributed by atoms with Crippen LogP contribution in [0, 0.1) is 11.6 Å². The van der Waals surface area contributed by atoms with Gasteiger partial charge in [0.2, 0.25) is 0 Å². The SMILES string of the molecule is Fc1cccc(F)c1CN1CCC[C@@H](n2cc(-c3ccc4[nH]nc(-c5ccncc5)c4c3)nn2)C1. The van der Waals surface area contributed by atoms with Crippen molar-refractivity contribution in [2.45, 2.75) is 25.4 Å². The highest BCUT2D eigenvalue weighted by Gasteiger charge is 2.24. The average molecular weight is 472 g/mol. The van der Waals surface area contributed by atoms with Crippen molar-refractivity contribution in [2.24, 2.45) is 0 Å². The first-order chi connectivity index (χ1) is 17.2. The molecule has 176 valence electrons. The standard InChI is InChI=1S/C26H23F2N7/c27-22-4-1-5-23(28)21(22)15-34-12-2-3-19(14-34)35-16-25(31-33-35)18-6-7-24-20(13-18)26(32-30-24)17-8-10-29-11-9-17/h1,4-11,13,16,19H,2-3,12,14-15H2,(H,30,32)/t19-/m1/s1. The van der Waals surface area contributed by atoms with E-state index >= 15 is 0 Å². The third-order valence-electron chi connectivity index (χ3n) is 6.62. The maximum atomic E-state index is 14.1. The zero-order chi connectivity index (χ0) is 23.8. The Morgan fingerprint density at radius 2 is 1.83 bits per heavy atom. The minimum atomic E-state index is -0.504. The van der Waals surface area contributed by atoms with E-state index in [-0.39, 0.29) is 18.2 Å². The third kappa shape index (κ3) is 4.19. The number of H-pyrrole nitrogens is 1. The molecule has 1 aliphatic heterocycles. The minimum Gasteiger partial charge on any atom is -0.297 e. The van der Waals surface area contributed by atoms with Crippen LogP contribution in [0.1, 0.15) is 24.4 Å². The first kappa shape index (κ1) is 21.5. The smallest absolute Gasteiger partial charge is 0.130 e. The van der Waals surface area contributed by atoms with Crippen molar-refractivity contribution < 1.29 is 8.78 Å². The molecule has 35 heavy (non-hydrogen) atoms. The number of likely N-dealkylation sites (tertiary alicyclic amines) is 1. The highest BCUT2D eigenvalue weighted by molar-refractivity contribution is 5.95. The van der Waals surface area contributed by atoms with Gasteiger partial charge >= 0.3 is 0 Å². The summed E-state index contributed by atoms with van der Waals surface area (Å²) in [6, 6.07) is 14.0. The molecular formula is C26H23F2N7. The summed E-state index contributed by atoms with van der Waals surface area (Å²) in [5, 5.41) is 17.4. The Labute approximate surface area is 200 Å². The molecule has 1 fully saturated rings. The van der Waals surface area contributed by atoms with Gasteiger partial charge in [-0.05, 0) is 55.8 Å². The van der Waals surface area contributed by atoms with E-state index in [1.54, 1.807) is 12.4 Å². The molecule has 0 bridgehead atoms. The molecule has 3 aromatic heterocycles. The fourth-order valence-corrected chi connectivity index (χ4v) is 4.79. The van der Waals surface area contributed by atoms with Crippen LogP contribution in [0.5, 0.6) is 0 Å². The van der Waals surface area contributed by atoms with E-state index in [2.05, 4.69) is 36.5 Å². The largest absolute Gasteiger partial charge is 0.297 e. The average Bonchev–Trinajstić information content (AvgIpc) is 3.54. The maximum Gasteiger partial charge on any atom is 0.130 e. The Bertz CT molecular complexity index is 1460. The van der Waals surface area contributed by atoms with Crippen LogP contribution in [-0.2, 0) is 6.54 Å². The molecule has 0 radical (unpaired) electrons. The molecule has 1 N–H and O–H groups in total. The number of aromatic amines is 1. The minimum absolute atomic E-state index is 0.0878. The lowest BCUT2D eigenvalue weighted by molar-refractivity contribution is 0.158. The summed E-state index contributed by atoms with van der Waals surface area (Å²) in [4.78, 5) is 6.16. The second-order valence-electron chi connectivity index (χ2n) is 8.88. The van der Waals surface area contributed by atoms with E-state index < -0.39 is 11.6 Å². The zero-order valence-corrected chi connectivity index (χ0v) is 18.9. The van der Waals surface area contributed by atoms with Gasteiger partial charge in [0.25, 0.3) is 0 Å². The van der Waals surface area contributed by atoms with Crippen LogP contribution in [0.15, 0.2) is 67.1 Å². The fraction of sp³-hybridized carbons (Fsp3) is 0.231. The van der Waals surface area contributed by atoms with Crippen molar-refractivity contribution in [3.8, 4) is 22.5 Å². The summed E-state index contributed by atoms with van der Waals surface area (Å²) in [7, 11) is 0. The molecule has 4 heterocycles. The summed E-state index contributed by atoms with van der Waals surface area (Å²) in [6.45, 7) is 1.69. The molecule has 1 saturated heterocycles. The van der Waals surface area contributed by atoms with Gasteiger partial charge in [0.15, 0.2) is 0 Å². The summed E-state index contributed by atoms with van der Waals surface area (Å²) in [5.74, 6) is -1.01. The van der Waals surface area contributed by atoms with Crippen molar-refractivity contribution in [1.29, 1.82) is 0 Å². The molecular weight excluding hydrogens is 448 g/mol. The van der Waals surface area contributed by atoms with Crippen molar-refractivity contribution in [1.82, 2.24) is 35.1 Å². The monoisotopic (exact) mass is 471 g/mol. The lowest BCUT2D eigenvalue weighted by atomic mass is 10.0. The van der Waals surface area contributed by atoms with E-state index in [1.807, 2.05) is 35.1 Å². The Hall–Kier alpha value is -3.98. The summed E-state index contributed by atoms with van der Waals surface area (Å²) in [5.41, 5.74) is 4.62. The van der Waals surface area contributed by atoms with Crippen LogP contribution in [0.4, 0.5) is 8.78 Å². The van der Waals surface area contributed by atoms with Crippen LogP contribution in [0.2, 0.25) is 0 Å². The number of fused-ring (bicyclic) bond motifs is 1. The molecule has 5 aromatic rings. The van der Waals surface area contributed by atoms with E-state index in [0.717, 1.165) is 52.8 Å². The molecule has 7 nitrogen and oxygen atoms in total. The van der Waals surface area contributed by atoms with Crippen LogP contribution < -0.4 is 0 Å². The predicted molar refractivity (Wildman–Crippen MR) is 128 cm³/mol. The van der Waals surface area contributed by atoms with E-state index in [1.165, 1.54) is 18.2 Å². The topological polar surface area (TPSA) is 75.5 Å². The van der Waals surface area contributed by atoms with E-state index in [9.17, 15) is 8.78 Å². The van der Waals surface area contributed by atoms with E-state index in [4.69, 9.17) is 0 Å². The number of pyridine rings is 1. The van der Waals surface area contributed by atoms with Gasteiger partial charge in [-0.25, -0.2) is 13.5 Å². The Morgan fingerprint density at radius 1 is 1.00 bits per heavy atom. The lowest BCUT2D eigenvalue weighted by Crippen LogP contribution is -2.36. The van der Waals surface area contributed by atoms with Crippen molar-refractivity contribution in [3.63, 3.8) is 0 Å². The Kier molecular flexibility index (Phi) is 5.54. The number of aromatic nitrogens is 6. The number of nitrogens with one attached hydrogen (secondary N) is 1. The van der Waals surface area contributed by atoms with Crippen molar-refractivity contribution in [3.05, 3.63) is 84.3 Å².